The molecule has 0 aliphatic carbocycles. The minimum Gasteiger partial charge on any atom is -0.198 e. The maximum absolute atomic E-state index is 8.08. The molecule has 0 rings (SSSR count). The quantitative estimate of drug-likeness (QED) is 0.391. The van der Waals surface area contributed by atoms with Gasteiger partial charge >= 0.3 is 0 Å². The fourth-order valence-electron chi connectivity index (χ4n) is 0.925. The molecule has 0 aliphatic rings. The Morgan fingerprint density at radius 1 is 0.889 bits per heavy atom. The molecule has 18 heavy (non-hydrogen) atoms. The molecule has 1 nitrogen and oxygen atoms in total. The lowest BCUT2D eigenvalue weighted by Gasteiger charge is -1.87. The van der Waals surface area contributed by atoms with E-state index in [0.29, 0.717) is 0 Å². The maximum atomic E-state index is 8.08. The van der Waals surface area contributed by atoms with Crippen LogP contribution in [0.1, 0.15) is 86.5 Å². The zero-order chi connectivity index (χ0) is 14.6. The van der Waals surface area contributed by atoms with Gasteiger partial charge in [-0.1, -0.05) is 72.5 Å². The van der Waals surface area contributed by atoms with Gasteiger partial charge in [0.1, 0.15) is 0 Å². The third-order valence-electron chi connectivity index (χ3n) is 2.43. The first kappa shape index (κ1) is 22.4. The number of nitrogens with zero attached hydrogens (tertiary/aromatic N) is 1. The zero-order valence-electron chi connectivity index (χ0n) is 13.6. The second-order valence-corrected chi connectivity index (χ2v) is 4.43. The van der Waals surface area contributed by atoms with Crippen molar-refractivity contribution in [2.24, 2.45) is 5.92 Å². The summed E-state index contributed by atoms with van der Waals surface area (Å²) in [6.45, 7) is 12.7. The van der Waals surface area contributed by atoms with E-state index in [1.807, 2.05) is 13.8 Å². The summed E-state index contributed by atoms with van der Waals surface area (Å²) in [6.07, 6.45) is 13.2. The first-order chi connectivity index (χ1) is 8.64. The van der Waals surface area contributed by atoms with E-state index in [1.54, 1.807) is 0 Å². The van der Waals surface area contributed by atoms with Gasteiger partial charge in [-0.15, -0.1) is 0 Å². The topological polar surface area (TPSA) is 23.8 Å². The van der Waals surface area contributed by atoms with Crippen LogP contribution >= 0.6 is 0 Å². The molecule has 0 aliphatic heterocycles. The molecule has 0 saturated carbocycles. The Kier molecular flexibility index (Phi) is 31.3. The summed E-state index contributed by atoms with van der Waals surface area (Å²) in [5.74, 6) is 0.241. The molecule has 0 saturated heterocycles. The average molecular weight is 253 g/mol. The number of allylic oxidation sites excluding steroid dienone is 2. The van der Waals surface area contributed by atoms with Gasteiger partial charge in [-0.3, -0.25) is 0 Å². The lowest BCUT2D eigenvalue weighted by atomic mass is 10.2. The summed E-state index contributed by atoms with van der Waals surface area (Å²) in [6, 6.07) is 2.11. The van der Waals surface area contributed by atoms with E-state index in [9.17, 15) is 0 Å². The molecule has 0 radical (unpaired) electrons. The predicted octanol–water partition coefficient (Wildman–Crippen LogP) is 6.51. The van der Waals surface area contributed by atoms with Crippen LogP contribution in [0, 0.1) is 17.2 Å². The van der Waals surface area contributed by atoms with Gasteiger partial charge in [-0.25, -0.2) is 0 Å². The molecule has 0 fully saturated rings. The fraction of sp³-hybridized carbons (Fsp3) is 0.824. The van der Waals surface area contributed by atoms with E-state index in [2.05, 4.69) is 45.9 Å². The Morgan fingerprint density at radius 3 is 1.39 bits per heavy atom. The van der Waals surface area contributed by atoms with Crippen LogP contribution in [0.15, 0.2) is 12.2 Å². The lowest BCUT2D eigenvalue weighted by Crippen LogP contribution is -1.81. The highest BCUT2D eigenvalue weighted by Gasteiger charge is 1.88. The van der Waals surface area contributed by atoms with Crippen molar-refractivity contribution in [1.82, 2.24) is 0 Å². The summed E-state index contributed by atoms with van der Waals surface area (Å²) < 4.78 is 0. The number of nitriles is 1. The molecule has 0 aromatic carbocycles. The summed E-state index contributed by atoms with van der Waals surface area (Å²) >= 11 is 0. The van der Waals surface area contributed by atoms with Crippen LogP contribution in [0.2, 0.25) is 0 Å². The number of hydrogen-bond acceptors (Lipinski definition) is 1. The molecule has 0 aromatic rings. The lowest BCUT2D eigenvalue weighted by molar-refractivity contribution is 0.702. The maximum Gasteiger partial charge on any atom is 0.0652 e. The third kappa shape index (κ3) is 36.2. The molecule has 0 amide bonds. The molecule has 0 bridgehead atoms. The Labute approximate surface area is 116 Å². The van der Waals surface area contributed by atoms with Crippen LogP contribution in [-0.4, -0.2) is 0 Å². The zero-order valence-corrected chi connectivity index (χ0v) is 13.6. The van der Waals surface area contributed by atoms with Crippen molar-refractivity contribution in [2.75, 3.05) is 0 Å². The molecule has 108 valence electrons. The van der Waals surface area contributed by atoms with Gasteiger partial charge in [-0.2, -0.15) is 5.26 Å². The average Bonchev–Trinajstić information content (AvgIpc) is 2.43. The first-order valence-corrected chi connectivity index (χ1v) is 7.68. The Bertz CT molecular complexity index is 167. The van der Waals surface area contributed by atoms with Gasteiger partial charge in [0.05, 0.1) is 6.07 Å². The Morgan fingerprint density at radius 2 is 1.28 bits per heavy atom. The highest BCUT2D eigenvalue weighted by molar-refractivity contribution is 4.77. The van der Waals surface area contributed by atoms with E-state index < -0.39 is 0 Å². The second-order valence-electron chi connectivity index (χ2n) is 4.43. The number of rotatable bonds is 6. The predicted molar refractivity (Wildman–Crippen MR) is 84.6 cm³/mol. The van der Waals surface area contributed by atoms with E-state index >= 15 is 0 Å². The second kappa shape index (κ2) is 25.2. The van der Waals surface area contributed by atoms with Gasteiger partial charge in [0.25, 0.3) is 0 Å². The van der Waals surface area contributed by atoms with Crippen LogP contribution in [0.25, 0.3) is 0 Å². The minimum atomic E-state index is 0.241. The van der Waals surface area contributed by atoms with Gasteiger partial charge in [0, 0.05) is 5.92 Å². The minimum absolute atomic E-state index is 0.241. The molecular weight excluding hydrogens is 218 g/mol. The highest BCUT2D eigenvalue weighted by atomic mass is 14.2. The van der Waals surface area contributed by atoms with E-state index in [1.165, 1.54) is 38.5 Å². The molecule has 1 heteroatoms. The standard InChI is InChI=1S/C6H14.C6H12.C5H9N/c2*1-3-5-6-4-2;1-3-5(2)4-6/h3-6H2,1-2H3;5-6H,3-4H2,1-2H3;5H,3H2,1-2H3. The van der Waals surface area contributed by atoms with Crippen molar-refractivity contribution >= 4 is 0 Å². The SMILES string of the molecule is CCC(C)C#N.CCC=CCC.CCCCCC. The van der Waals surface area contributed by atoms with Crippen LogP contribution in [0.5, 0.6) is 0 Å². The monoisotopic (exact) mass is 253 g/mol. The Balaban J connectivity index is -0.000000187. The van der Waals surface area contributed by atoms with Gasteiger partial charge < -0.3 is 0 Å². The van der Waals surface area contributed by atoms with Crippen molar-refractivity contribution < 1.29 is 0 Å². The van der Waals surface area contributed by atoms with E-state index in [4.69, 9.17) is 5.26 Å². The van der Waals surface area contributed by atoms with Gasteiger partial charge in [0.15, 0.2) is 0 Å². The van der Waals surface area contributed by atoms with Crippen LogP contribution in [0.3, 0.4) is 0 Å². The van der Waals surface area contributed by atoms with Crippen molar-refractivity contribution in [3.8, 4) is 6.07 Å². The molecule has 0 heterocycles. The van der Waals surface area contributed by atoms with Crippen molar-refractivity contribution in [3.05, 3.63) is 12.2 Å². The summed E-state index contributed by atoms with van der Waals surface area (Å²) in [4.78, 5) is 0. The van der Waals surface area contributed by atoms with Gasteiger partial charge in [-0.05, 0) is 26.2 Å². The molecule has 1 unspecified atom stereocenters. The first-order valence-electron chi connectivity index (χ1n) is 7.68. The highest BCUT2D eigenvalue weighted by Crippen LogP contribution is 1.95. The fourth-order valence-corrected chi connectivity index (χ4v) is 0.925. The molecule has 0 spiro atoms. The van der Waals surface area contributed by atoms with Crippen LogP contribution in [-0.2, 0) is 0 Å². The van der Waals surface area contributed by atoms with Crippen molar-refractivity contribution in [3.63, 3.8) is 0 Å². The summed E-state index contributed by atoms with van der Waals surface area (Å²) in [7, 11) is 0. The summed E-state index contributed by atoms with van der Waals surface area (Å²) in [5.41, 5.74) is 0. The van der Waals surface area contributed by atoms with Crippen molar-refractivity contribution in [2.45, 2.75) is 86.5 Å². The number of unbranched alkanes of at least 4 members (excludes halogenated alkanes) is 3. The van der Waals surface area contributed by atoms with Crippen LogP contribution < -0.4 is 0 Å². The molecule has 0 aromatic heterocycles. The van der Waals surface area contributed by atoms with Crippen LogP contribution in [0.4, 0.5) is 0 Å². The smallest absolute Gasteiger partial charge is 0.0652 e. The largest absolute Gasteiger partial charge is 0.198 e. The molecular formula is C17H35N. The normalized spacial score (nSPS) is 10.7. The van der Waals surface area contributed by atoms with Gasteiger partial charge in [0.2, 0.25) is 0 Å². The molecule has 1 atom stereocenters. The Hall–Kier alpha value is -0.770. The third-order valence-corrected chi connectivity index (χ3v) is 2.43. The molecule has 0 N–H and O–H groups in total. The van der Waals surface area contributed by atoms with E-state index in [0.717, 1.165) is 6.42 Å². The van der Waals surface area contributed by atoms with E-state index in [-0.39, 0.29) is 5.92 Å². The summed E-state index contributed by atoms with van der Waals surface area (Å²) in [5, 5.41) is 8.08. The van der Waals surface area contributed by atoms with Crippen molar-refractivity contribution in [1.29, 1.82) is 5.26 Å². The number of hydrogen-bond donors (Lipinski definition) is 0.